The lowest BCUT2D eigenvalue weighted by atomic mass is 10.2. The van der Waals surface area contributed by atoms with Crippen LogP contribution in [0.3, 0.4) is 0 Å². The molecule has 1 N–H and O–H groups in total. The number of benzene rings is 1. The molecular formula is C16H19N3O2. The fourth-order valence-corrected chi connectivity index (χ4v) is 2.26. The summed E-state index contributed by atoms with van der Waals surface area (Å²) < 4.78 is 11.4. The van der Waals surface area contributed by atoms with Gasteiger partial charge in [-0.05, 0) is 44.6 Å². The molecule has 0 fully saturated rings. The maximum atomic E-state index is 5.76. The van der Waals surface area contributed by atoms with Crippen molar-refractivity contribution in [3.63, 3.8) is 0 Å². The average Bonchev–Trinajstić information content (AvgIpc) is 3.09. The minimum atomic E-state index is 0.447. The molecule has 0 aliphatic rings. The van der Waals surface area contributed by atoms with Gasteiger partial charge in [-0.1, -0.05) is 18.6 Å². The van der Waals surface area contributed by atoms with E-state index >= 15 is 0 Å². The van der Waals surface area contributed by atoms with Gasteiger partial charge in [0.1, 0.15) is 5.58 Å². The van der Waals surface area contributed by atoms with Gasteiger partial charge >= 0.3 is 0 Å². The van der Waals surface area contributed by atoms with Crippen molar-refractivity contribution in [1.82, 2.24) is 15.5 Å². The first-order chi connectivity index (χ1) is 10.3. The van der Waals surface area contributed by atoms with E-state index in [2.05, 4.69) is 35.4 Å². The summed E-state index contributed by atoms with van der Waals surface area (Å²) in [5.41, 5.74) is 2.03. The van der Waals surface area contributed by atoms with Gasteiger partial charge in [0.15, 0.2) is 5.76 Å². The van der Waals surface area contributed by atoms with Gasteiger partial charge in [-0.25, -0.2) is 0 Å². The summed E-state index contributed by atoms with van der Waals surface area (Å²) >= 11 is 0. The summed E-state index contributed by atoms with van der Waals surface area (Å²) in [7, 11) is 0. The van der Waals surface area contributed by atoms with Gasteiger partial charge in [-0.15, -0.1) is 10.2 Å². The van der Waals surface area contributed by atoms with E-state index < -0.39 is 0 Å². The Morgan fingerprint density at radius 3 is 2.90 bits per heavy atom. The highest BCUT2D eigenvalue weighted by atomic mass is 16.4. The number of furan rings is 1. The molecule has 2 heterocycles. The lowest BCUT2D eigenvalue weighted by Crippen LogP contribution is -2.14. The first-order valence-corrected chi connectivity index (χ1v) is 7.30. The highest BCUT2D eigenvalue weighted by molar-refractivity contribution is 5.82. The van der Waals surface area contributed by atoms with Gasteiger partial charge in [-0.3, -0.25) is 0 Å². The second kappa shape index (κ2) is 6.10. The van der Waals surface area contributed by atoms with Gasteiger partial charge in [0.25, 0.3) is 5.89 Å². The fraction of sp³-hybridized carbons (Fsp3) is 0.375. The molecule has 0 unspecified atom stereocenters. The largest absolute Gasteiger partial charge is 0.451 e. The number of nitrogens with one attached hydrogen (secondary N) is 1. The Morgan fingerprint density at radius 1 is 1.14 bits per heavy atom. The van der Waals surface area contributed by atoms with Crippen LogP contribution in [0.5, 0.6) is 0 Å². The number of rotatable bonds is 6. The highest BCUT2D eigenvalue weighted by Crippen LogP contribution is 2.27. The zero-order chi connectivity index (χ0) is 14.7. The third-order valence-corrected chi connectivity index (χ3v) is 3.34. The van der Waals surface area contributed by atoms with Crippen LogP contribution in [0.4, 0.5) is 0 Å². The standard InChI is InChI=1S/C16H19N3O2/c1-3-17-8-4-5-15-18-19-16(21-15)14-10-12-9-11(2)6-7-13(12)20-14/h6-7,9-10,17H,3-5,8H2,1-2H3. The van der Waals surface area contributed by atoms with Gasteiger partial charge in [0.2, 0.25) is 5.89 Å². The van der Waals surface area contributed by atoms with E-state index in [9.17, 15) is 0 Å². The summed E-state index contributed by atoms with van der Waals surface area (Å²) in [6.45, 7) is 6.08. The predicted molar refractivity (Wildman–Crippen MR) is 81.1 cm³/mol. The first-order valence-electron chi connectivity index (χ1n) is 7.30. The van der Waals surface area contributed by atoms with E-state index in [0.717, 1.165) is 36.9 Å². The van der Waals surface area contributed by atoms with Gasteiger partial charge in [0.05, 0.1) is 0 Å². The molecule has 3 rings (SSSR count). The second-order valence-electron chi connectivity index (χ2n) is 5.11. The van der Waals surface area contributed by atoms with Gasteiger partial charge < -0.3 is 14.2 Å². The van der Waals surface area contributed by atoms with E-state index in [1.54, 1.807) is 0 Å². The summed E-state index contributed by atoms with van der Waals surface area (Å²) in [6, 6.07) is 8.01. The van der Waals surface area contributed by atoms with Crippen LogP contribution in [0, 0.1) is 6.92 Å². The Hall–Kier alpha value is -2.14. The van der Waals surface area contributed by atoms with Crippen molar-refractivity contribution in [1.29, 1.82) is 0 Å². The molecule has 0 spiro atoms. The van der Waals surface area contributed by atoms with Crippen LogP contribution < -0.4 is 5.32 Å². The molecule has 0 atom stereocenters. The van der Waals surface area contributed by atoms with Gasteiger partial charge in [-0.2, -0.15) is 0 Å². The molecule has 0 amide bonds. The molecule has 5 heteroatoms. The second-order valence-corrected chi connectivity index (χ2v) is 5.11. The Morgan fingerprint density at radius 2 is 2.05 bits per heavy atom. The van der Waals surface area contributed by atoms with E-state index in [1.807, 2.05) is 18.2 Å². The van der Waals surface area contributed by atoms with Crippen LogP contribution in [0.1, 0.15) is 24.8 Å². The average molecular weight is 285 g/mol. The molecule has 0 saturated carbocycles. The van der Waals surface area contributed by atoms with E-state index in [-0.39, 0.29) is 0 Å². The maximum Gasteiger partial charge on any atom is 0.283 e. The third-order valence-electron chi connectivity index (χ3n) is 3.34. The SMILES string of the molecule is CCNCCCc1nnc(-c2cc3cc(C)ccc3o2)o1. The van der Waals surface area contributed by atoms with Crippen molar-refractivity contribution in [2.24, 2.45) is 0 Å². The van der Waals surface area contributed by atoms with Crippen molar-refractivity contribution in [2.45, 2.75) is 26.7 Å². The van der Waals surface area contributed by atoms with Crippen LogP contribution >= 0.6 is 0 Å². The summed E-state index contributed by atoms with van der Waals surface area (Å²) in [4.78, 5) is 0. The fourth-order valence-electron chi connectivity index (χ4n) is 2.26. The van der Waals surface area contributed by atoms with Crippen LogP contribution in [0.25, 0.3) is 22.6 Å². The third kappa shape index (κ3) is 3.13. The van der Waals surface area contributed by atoms with E-state index in [1.165, 1.54) is 5.56 Å². The molecule has 1 aromatic carbocycles. The number of fused-ring (bicyclic) bond motifs is 1. The van der Waals surface area contributed by atoms with Crippen LogP contribution in [0.2, 0.25) is 0 Å². The quantitative estimate of drug-likeness (QED) is 0.704. The molecule has 2 aromatic heterocycles. The Balaban J connectivity index is 1.75. The molecule has 0 aliphatic carbocycles. The highest BCUT2D eigenvalue weighted by Gasteiger charge is 2.13. The Bertz CT molecular complexity index is 730. The minimum Gasteiger partial charge on any atom is -0.451 e. The Labute approximate surface area is 123 Å². The first kappa shape index (κ1) is 13.8. The van der Waals surface area contributed by atoms with E-state index in [4.69, 9.17) is 8.83 Å². The molecule has 3 aromatic rings. The molecule has 5 nitrogen and oxygen atoms in total. The molecule has 0 bridgehead atoms. The van der Waals surface area contributed by atoms with Crippen molar-refractivity contribution in [3.05, 3.63) is 35.7 Å². The normalized spacial score (nSPS) is 11.3. The number of aryl methyl sites for hydroxylation is 2. The number of hydrogen-bond donors (Lipinski definition) is 1. The summed E-state index contributed by atoms with van der Waals surface area (Å²) in [6.07, 6.45) is 1.76. The smallest absolute Gasteiger partial charge is 0.283 e. The maximum absolute atomic E-state index is 5.76. The number of nitrogens with zero attached hydrogens (tertiary/aromatic N) is 2. The van der Waals surface area contributed by atoms with Crippen LogP contribution in [0.15, 0.2) is 33.1 Å². The molecular weight excluding hydrogens is 266 g/mol. The van der Waals surface area contributed by atoms with Crippen molar-refractivity contribution >= 4 is 11.0 Å². The summed E-state index contributed by atoms with van der Waals surface area (Å²) in [5.74, 6) is 1.72. The van der Waals surface area contributed by atoms with Crippen molar-refractivity contribution < 1.29 is 8.83 Å². The Kier molecular flexibility index (Phi) is 4.01. The lowest BCUT2D eigenvalue weighted by molar-refractivity contribution is 0.477. The molecule has 0 radical (unpaired) electrons. The van der Waals surface area contributed by atoms with Crippen LogP contribution in [-0.4, -0.2) is 23.3 Å². The predicted octanol–water partition coefficient (Wildman–Crippen LogP) is 3.33. The summed E-state index contributed by atoms with van der Waals surface area (Å²) in [5, 5.41) is 12.5. The molecule has 110 valence electrons. The van der Waals surface area contributed by atoms with Gasteiger partial charge in [0, 0.05) is 11.8 Å². The van der Waals surface area contributed by atoms with E-state index in [0.29, 0.717) is 17.5 Å². The lowest BCUT2D eigenvalue weighted by Gasteiger charge is -1.97. The molecule has 21 heavy (non-hydrogen) atoms. The van der Waals surface area contributed by atoms with Crippen molar-refractivity contribution in [3.8, 4) is 11.7 Å². The monoisotopic (exact) mass is 285 g/mol. The van der Waals surface area contributed by atoms with Crippen molar-refractivity contribution in [2.75, 3.05) is 13.1 Å². The van der Waals surface area contributed by atoms with Crippen LogP contribution in [-0.2, 0) is 6.42 Å². The molecule has 0 saturated heterocycles. The number of hydrogen-bond acceptors (Lipinski definition) is 5. The minimum absolute atomic E-state index is 0.447. The zero-order valence-corrected chi connectivity index (χ0v) is 12.3. The zero-order valence-electron chi connectivity index (χ0n) is 12.3. The number of aromatic nitrogens is 2. The topological polar surface area (TPSA) is 64.1 Å². The molecule has 0 aliphatic heterocycles.